The summed E-state index contributed by atoms with van der Waals surface area (Å²) in [6.07, 6.45) is 2.83. The van der Waals surface area contributed by atoms with Gasteiger partial charge in [0, 0.05) is 5.69 Å². The van der Waals surface area contributed by atoms with Gasteiger partial charge in [-0.25, -0.2) is 0 Å². The predicted octanol–water partition coefficient (Wildman–Crippen LogP) is 3.65. The molecular weight excluding hydrogens is 288 g/mol. The molecule has 0 aromatic heterocycles. The van der Waals surface area contributed by atoms with Crippen molar-refractivity contribution in [2.75, 3.05) is 11.9 Å². The Morgan fingerprint density at radius 3 is 2.39 bits per heavy atom. The summed E-state index contributed by atoms with van der Waals surface area (Å²) in [5, 5.41) is 11.5. The highest BCUT2D eigenvalue weighted by molar-refractivity contribution is 5.99. The van der Waals surface area contributed by atoms with Gasteiger partial charge in [-0.2, -0.15) is 5.26 Å². The van der Waals surface area contributed by atoms with E-state index in [1.807, 2.05) is 36.4 Å². The fourth-order valence-electron chi connectivity index (χ4n) is 2.94. The van der Waals surface area contributed by atoms with Crippen molar-refractivity contribution in [3.63, 3.8) is 0 Å². The Labute approximate surface area is 135 Å². The minimum absolute atomic E-state index is 0.0167. The van der Waals surface area contributed by atoms with Crippen LogP contribution in [-0.4, -0.2) is 12.5 Å². The first-order valence-corrected chi connectivity index (χ1v) is 7.71. The summed E-state index contributed by atoms with van der Waals surface area (Å²) in [4.78, 5) is 12.8. The zero-order chi connectivity index (χ0) is 16.1. The molecule has 1 N–H and O–H groups in total. The second-order valence-electron chi connectivity index (χ2n) is 5.73. The summed E-state index contributed by atoms with van der Waals surface area (Å²) >= 11 is 0. The van der Waals surface area contributed by atoms with Crippen LogP contribution in [0.1, 0.15) is 24.8 Å². The number of nitrogens with zero attached hydrogens (tertiary/aromatic N) is 1. The van der Waals surface area contributed by atoms with Gasteiger partial charge in [-0.05, 0) is 42.7 Å². The minimum Gasteiger partial charge on any atom is -0.479 e. The molecule has 4 nitrogen and oxygen atoms in total. The molecule has 0 radical (unpaired) electrons. The zero-order valence-corrected chi connectivity index (χ0v) is 12.8. The number of amides is 1. The molecule has 0 unspecified atom stereocenters. The first-order chi connectivity index (χ1) is 11.2. The van der Waals surface area contributed by atoms with E-state index in [0.717, 1.165) is 30.5 Å². The molecule has 0 bridgehead atoms. The Bertz CT molecular complexity index is 713. The maximum atomic E-state index is 12.8. The van der Waals surface area contributed by atoms with Gasteiger partial charge in [0.15, 0.2) is 6.61 Å². The SMILES string of the molecule is N#CCOc1ccc(NC(=O)C2(c3ccccc3)CCC2)cc1. The van der Waals surface area contributed by atoms with Crippen LogP contribution in [0.5, 0.6) is 5.75 Å². The van der Waals surface area contributed by atoms with Crippen molar-refractivity contribution < 1.29 is 9.53 Å². The lowest BCUT2D eigenvalue weighted by molar-refractivity contribution is -0.124. The molecule has 4 heteroatoms. The predicted molar refractivity (Wildman–Crippen MR) is 88.2 cm³/mol. The summed E-state index contributed by atoms with van der Waals surface area (Å²) in [6.45, 7) is 0.0167. The van der Waals surface area contributed by atoms with Crippen LogP contribution < -0.4 is 10.1 Å². The van der Waals surface area contributed by atoms with Crippen LogP contribution in [0.3, 0.4) is 0 Å². The van der Waals surface area contributed by atoms with E-state index in [1.165, 1.54) is 0 Å². The zero-order valence-electron chi connectivity index (χ0n) is 12.8. The van der Waals surface area contributed by atoms with Crippen molar-refractivity contribution in [1.29, 1.82) is 5.26 Å². The fourth-order valence-corrected chi connectivity index (χ4v) is 2.94. The van der Waals surface area contributed by atoms with E-state index in [9.17, 15) is 4.79 Å². The average Bonchev–Trinajstić information content (AvgIpc) is 2.54. The smallest absolute Gasteiger partial charge is 0.235 e. The number of nitriles is 1. The highest BCUT2D eigenvalue weighted by Crippen LogP contribution is 2.44. The average molecular weight is 306 g/mol. The maximum absolute atomic E-state index is 12.8. The molecule has 1 aliphatic carbocycles. The van der Waals surface area contributed by atoms with Crippen molar-refractivity contribution in [1.82, 2.24) is 0 Å². The van der Waals surface area contributed by atoms with Gasteiger partial charge in [0.25, 0.3) is 0 Å². The minimum atomic E-state index is -0.406. The normalized spacial score (nSPS) is 15.1. The largest absolute Gasteiger partial charge is 0.479 e. The summed E-state index contributed by atoms with van der Waals surface area (Å²) in [6, 6.07) is 19.0. The van der Waals surface area contributed by atoms with Crippen molar-refractivity contribution >= 4 is 11.6 Å². The van der Waals surface area contributed by atoms with E-state index in [2.05, 4.69) is 5.32 Å². The van der Waals surface area contributed by atoms with Gasteiger partial charge in [0.05, 0.1) is 5.41 Å². The second kappa shape index (κ2) is 6.53. The second-order valence-corrected chi connectivity index (χ2v) is 5.73. The quantitative estimate of drug-likeness (QED) is 0.917. The van der Waals surface area contributed by atoms with Crippen LogP contribution >= 0.6 is 0 Å². The molecule has 1 saturated carbocycles. The molecule has 116 valence electrons. The molecule has 0 heterocycles. The lowest BCUT2D eigenvalue weighted by Crippen LogP contribution is -2.45. The number of benzene rings is 2. The summed E-state index contributed by atoms with van der Waals surface area (Å²) < 4.78 is 5.21. The van der Waals surface area contributed by atoms with Gasteiger partial charge in [-0.15, -0.1) is 0 Å². The van der Waals surface area contributed by atoms with E-state index < -0.39 is 5.41 Å². The number of anilines is 1. The molecule has 0 spiro atoms. The fraction of sp³-hybridized carbons (Fsp3) is 0.263. The monoisotopic (exact) mass is 306 g/mol. The number of hydrogen-bond donors (Lipinski definition) is 1. The van der Waals surface area contributed by atoms with Crippen molar-refractivity contribution in [3.8, 4) is 11.8 Å². The van der Waals surface area contributed by atoms with Crippen molar-refractivity contribution in [2.24, 2.45) is 0 Å². The van der Waals surface area contributed by atoms with Crippen LogP contribution in [0.25, 0.3) is 0 Å². The van der Waals surface area contributed by atoms with Crippen molar-refractivity contribution in [2.45, 2.75) is 24.7 Å². The molecule has 0 aliphatic heterocycles. The number of rotatable bonds is 5. The Morgan fingerprint density at radius 1 is 1.13 bits per heavy atom. The van der Waals surface area contributed by atoms with Gasteiger partial charge in [0.1, 0.15) is 11.8 Å². The first kappa shape index (κ1) is 15.1. The molecule has 1 aliphatic rings. The molecule has 1 fully saturated rings. The third kappa shape index (κ3) is 3.04. The number of ether oxygens (including phenoxy) is 1. The summed E-state index contributed by atoms with van der Waals surface area (Å²) in [5.74, 6) is 0.659. The standard InChI is InChI=1S/C19H18N2O2/c20-13-14-23-17-9-7-16(8-10-17)21-18(22)19(11-4-12-19)15-5-2-1-3-6-15/h1-3,5-10H,4,11-12,14H2,(H,21,22). The summed E-state index contributed by atoms with van der Waals surface area (Å²) in [7, 11) is 0. The lowest BCUT2D eigenvalue weighted by atomic mass is 9.64. The van der Waals surface area contributed by atoms with E-state index in [4.69, 9.17) is 10.00 Å². The van der Waals surface area contributed by atoms with Crippen LogP contribution in [-0.2, 0) is 10.2 Å². The Balaban J connectivity index is 1.72. The van der Waals surface area contributed by atoms with E-state index in [0.29, 0.717) is 5.75 Å². The third-order valence-corrected chi connectivity index (χ3v) is 4.38. The molecular formula is C19H18N2O2. The Morgan fingerprint density at radius 2 is 1.83 bits per heavy atom. The van der Waals surface area contributed by atoms with Crippen LogP contribution in [0.2, 0.25) is 0 Å². The number of carbonyl (C=O) groups is 1. The molecule has 0 atom stereocenters. The molecule has 2 aromatic rings. The third-order valence-electron chi connectivity index (χ3n) is 4.38. The van der Waals surface area contributed by atoms with E-state index in [-0.39, 0.29) is 12.5 Å². The van der Waals surface area contributed by atoms with Gasteiger partial charge in [-0.1, -0.05) is 36.8 Å². The first-order valence-electron chi connectivity index (χ1n) is 7.71. The molecule has 2 aromatic carbocycles. The van der Waals surface area contributed by atoms with E-state index in [1.54, 1.807) is 24.3 Å². The molecule has 1 amide bonds. The number of nitrogens with one attached hydrogen (secondary N) is 1. The highest BCUT2D eigenvalue weighted by atomic mass is 16.5. The Kier molecular flexibility index (Phi) is 4.29. The van der Waals surface area contributed by atoms with Crippen LogP contribution in [0.4, 0.5) is 5.69 Å². The Hall–Kier alpha value is -2.80. The van der Waals surface area contributed by atoms with Crippen LogP contribution in [0.15, 0.2) is 54.6 Å². The number of hydrogen-bond acceptors (Lipinski definition) is 3. The van der Waals surface area contributed by atoms with E-state index >= 15 is 0 Å². The summed E-state index contributed by atoms with van der Waals surface area (Å²) in [5.41, 5.74) is 1.41. The van der Waals surface area contributed by atoms with Crippen molar-refractivity contribution in [3.05, 3.63) is 60.2 Å². The topological polar surface area (TPSA) is 62.1 Å². The highest BCUT2D eigenvalue weighted by Gasteiger charge is 2.45. The van der Waals surface area contributed by atoms with Gasteiger partial charge in [0.2, 0.25) is 5.91 Å². The molecule has 0 saturated heterocycles. The van der Waals surface area contributed by atoms with Gasteiger partial charge >= 0.3 is 0 Å². The van der Waals surface area contributed by atoms with Gasteiger partial charge < -0.3 is 10.1 Å². The number of carbonyl (C=O) groups excluding carboxylic acids is 1. The lowest BCUT2D eigenvalue weighted by Gasteiger charge is -2.40. The van der Waals surface area contributed by atoms with Gasteiger partial charge in [-0.3, -0.25) is 4.79 Å². The van der Waals surface area contributed by atoms with Crippen LogP contribution in [0, 0.1) is 11.3 Å². The maximum Gasteiger partial charge on any atom is 0.235 e. The molecule has 3 rings (SSSR count). The molecule has 23 heavy (non-hydrogen) atoms.